The Morgan fingerprint density at radius 2 is 1.70 bits per heavy atom. The Morgan fingerprint density at radius 3 is 2.23 bits per heavy atom. The second-order valence-electron chi connectivity index (χ2n) is 13.4. The van der Waals surface area contributed by atoms with Gasteiger partial charge in [-0.05, 0) is 51.1 Å². The van der Waals surface area contributed by atoms with Crippen molar-refractivity contribution in [2.45, 2.75) is 129 Å². The Bertz CT molecular complexity index is 956. The van der Waals surface area contributed by atoms with Crippen LogP contribution in [0.4, 0.5) is 4.79 Å². The lowest BCUT2D eigenvalue weighted by Crippen LogP contribution is -2.58. The molecule has 0 aliphatic carbocycles. The van der Waals surface area contributed by atoms with Gasteiger partial charge in [0.1, 0.15) is 11.6 Å². The average molecular weight is 576 g/mol. The summed E-state index contributed by atoms with van der Waals surface area (Å²) in [6.07, 6.45) is 2.58. The first kappa shape index (κ1) is 33.8. The maximum atomic E-state index is 13.6. The monoisotopic (exact) mass is 575 g/mol. The van der Waals surface area contributed by atoms with E-state index in [-0.39, 0.29) is 24.0 Å². The number of hydrogen-bond acceptors (Lipinski definition) is 6. The summed E-state index contributed by atoms with van der Waals surface area (Å²) in [4.78, 5) is 41.2. The van der Waals surface area contributed by atoms with E-state index in [1.807, 2.05) is 51.1 Å². The molecule has 1 aliphatic rings. The lowest BCUT2D eigenvalue weighted by molar-refractivity contribution is -0.161. The molecule has 9 heteroatoms. The first-order chi connectivity index (χ1) is 18.6. The molecule has 2 N–H and O–H groups in total. The molecule has 1 heterocycles. The molecule has 226 valence electrons. The van der Waals surface area contributed by atoms with E-state index in [0.717, 1.165) is 30.9 Å². The molecule has 2 rings (SSSR count). The number of nitrogens with one attached hydrogen (secondary N) is 2. The van der Waals surface area contributed by atoms with Crippen LogP contribution in [0.1, 0.15) is 72.8 Å². The summed E-state index contributed by atoms with van der Waals surface area (Å²) in [5.41, 5.74) is 0.391. The molecule has 8 nitrogen and oxygen atoms in total. The summed E-state index contributed by atoms with van der Waals surface area (Å²) in [6, 6.07) is 9.25. The van der Waals surface area contributed by atoms with E-state index in [2.05, 4.69) is 49.0 Å². The van der Waals surface area contributed by atoms with Crippen LogP contribution in [0.2, 0.25) is 25.7 Å². The minimum absolute atomic E-state index is 0.132. The van der Waals surface area contributed by atoms with E-state index in [1.54, 1.807) is 0 Å². The van der Waals surface area contributed by atoms with Crippen LogP contribution >= 0.6 is 0 Å². The van der Waals surface area contributed by atoms with Gasteiger partial charge in [0.15, 0.2) is 0 Å². The molecule has 0 saturated carbocycles. The number of nitrogens with zero attached hydrogens (tertiary/aromatic N) is 1. The van der Waals surface area contributed by atoms with Crippen molar-refractivity contribution >= 4 is 26.0 Å². The molecule has 0 radical (unpaired) electrons. The van der Waals surface area contributed by atoms with Crippen molar-refractivity contribution in [1.29, 1.82) is 0 Å². The third-order valence-corrected chi connectivity index (χ3v) is 9.20. The van der Waals surface area contributed by atoms with Gasteiger partial charge in [0.2, 0.25) is 5.91 Å². The molecule has 40 heavy (non-hydrogen) atoms. The summed E-state index contributed by atoms with van der Waals surface area (Å²) < 4.78 is 11.5. The third kappa shape index (κ3) is 11.2. The minimum atomic E-state index is -1.37. The van der Waals surface area contributed by atoms with Crippen LogP contribution in [0.25, 0.3) is 0 Å². The van der Waals surface area contributed by atoms with Crippen molar-refractivity contribution in [3.63, 3.8) is 0 Å². The zero-order valence-electron chi connectivity index (χ0n) is 26.2. The molecule has 1 fully saturated rings. The molecule has 4 atom stereocenters. The number of likely N-dealkylation sites (tertiary alicyclic amines) is 1. The molecular weight excluding hydrogens is 522 g/mol. The highest BCUT2D eigenvalue weighted by Crippen LogP contribution is 2.34. The number of carbonyl (C=O) groups excluding carboxylic acids is 3. The second-order valence-corrected chi connectivity index (χ2v) is 19.0. The van der Waals surface area contributed by atoms with Crippen LogP contribution in [-0.2, 0) is 25.6 Å². The quantitative estimate of drug-likeness (QED) is 0.230. The fraction of sp³-hybridized carbons (Fsp3) is 0.710. The Morgan fingerprint density at radius 1 is 1.07 bits per heavy atom. The van der Waals surface area contributed by atoms with Gasteiger partial charge < -0.3 is 20.1 Å². The lowest BCUT2D eigenvalue weighted by atomic mass is 9.88. The number of benzene rings is 1. The van der Waals surface area contributed by atoms with Crippen molar-refractivity contribution in [3.05, 3.63) is 35.9 Å². The van der Waals surface area contributed by atoms with Crippen LogP contribution in [0.15, 0.2) is 30.3 Å². The summed E-state index contributed by atoms with van der Waals surface area (Å²) in [5.74, 6) is -0.0675. The maximum absolute atomic E-state index is 13.6. The number of amides is 2. The highest BCUT2D eigenvalue weighted by molar-refractivity contribution is 6.76. The van der Waals surface area contributed by atoms with Gasteiger partial charge in [0.05, 0.1) is 18.7 Å². The van der Waals surface area contributed by atoms with Crippen molar-refractivity contribution in [2.24, 2.45) is 5.92 Å². The van der Waals surface area contributed by atoms with E-state index in [9.17, 15) is 14.4 Å². The van der Waals surface area contributed by atoms with Gasteiger partial charge in [-0.15, -0.1) is 0 Å². The molecule has 1 aliphatic heterocycles. The highest BCUT2D eigenvalue weighted by atomic mass is 28.3. The molecule has 1 saturated heterocycles. The standard InChI is InChI=1S/C31H53N3O5Si/c1-10-23(11-2)19-25(32-22(3)35)28-26(33-30(37)38-17-18-40(7,8)9)20-27(29(36)39-31(4,5)6)34(28)21-24-15-13-12-14-16-24/h12-16,23,25-28H,10-11,17-21H2,1-9H3,(H,32,35)(H,33,37)/t25?,26?,27-,28?/m0/s1. The molecule has 0 aromatic heterocycles. The lowest BCUT2D eigenvalue weighted by Gasteiger charge is -2.38. The maximum Gasteiger partial charge on any atom is 0.407 e. The highest BCUT2D eigenvalue weighted by Gasteiger charge is 2.50. The first-order valence-electron chi connectivity index (χ1n) is 14.9. The van der Waals surface area contributed by atoms with Gasteiger partial charge in [-0.1, -0.05) is 76.7 Å². The zero-order chi connectivity index (χ0) is 30.1. The molecule has 0 bridgehead atoms. The van der Waals surface area contributed by atoms with Gasteiger partial charge in [-0.3, -0.25) is 14.5 Å². The Labute approximate surface area is 243 Å². The summed E-state index contributed by atoms with van der Waals surface area (Å²) in [7, 11) is -1.37. The smallest absolute Gasteiger partial charge is 0.407 e. The normalized spacial score (nSPS) is 20.7. The predicted octanol–water partition coefficient (Wildman–Crippen LogP) is 5.74. The van der Waals surface area contributed by atoms with E-state index in [0.29, 0.717) is 25.5 Å². The van der Waals surface area contributed by atoms with Crippen molar-refractivity contribution in [2.75, 3.05) is 6.61 Å². The summed E-state index contributed by atoms with van der Waals surface area (Å²) in [5, 5.41) is 6.29. The van der Waals surface area contributed by atoms with Crippen molar-refractivity contribution < 1.29 is 23.9 Å². The Kier molecular flexibility index (Phi) is 12.7. The average Bonchev–Trinajstić information content (AvgIpc) is 3.17. The Balaban J connectivity index is 2.49. The molecule has 1 aromatic carbocycles. The van der Waals surface area contributed by atoms with Crippen LogP contribution in [0.5, 0.6) is 0 Å². The van der Waals surface area contributed by atoms with E-state index >= 15 is 0 Å². The molecule has 2 amide bonds. The Hall–Kier alpha value is -2.39. The van der Waals surface area contributed by atoms with E-state index < -0.39 is 31.9 Å². The van der Waals surface area contributed by atoms with Crippen LogP contribution in [0.3, 0.4) is 0 Å². The fourth-order valence-electron chi connectivity index (χ4n) is 5.39. The first-order valence-corrected chi connectivity index (χ1v) is 18.6. The number of carbonyl (C=O) groups is 3. The zero-order valence-corrected chi connectivity index (χ0v) is 27.2. The topological polar surface area (TPSA) is 97.0 Å². The van der Waals surface area contributed by atoms with Gasteiger partial charge >= 0.3 is 12.1 Å². The van der Waals surface area contributed by atoms with Gasteiger partial charge in [0.25, 0.3) is 0 Å². The number of ether oxygens (including phenoxy) is 2. The number of esters is 1. The minimum Gasteiger partial charge on any atom is -0.459 e. The predicted molar refractivity (Wildman–Crippen MR) is 163 cm³/mol. The molecule has 1 aromatic rings. The largest absolute Gasteiger partial charge is 0.459 e. The van der Waals surface area contributed by atoms with Crippen LogP contribution in [-0.4, -0.2) is 67.3 Å². The van der Waals surface area contributed by atoms with Gasteiger partial charge in [0, 0.05) is 27.6 Å². The fourth-order valence-corrected chi connectivity index (χ4v) is 6.10. The van der Waals surface area contributed by atoms with Gasteiger partial charge in [-0.2, -0.15) is 0 Å². The van der Waals surface area contributed by atoms with Crippen LogP contribution < -0.4 is 10.6 Å². The molecular formula is C31H53N3O5Si. The number of hydrogen-bond donors (Lipinski definition) is 2. The molecule has 3 unspecified atom stereocenters. The van der Waals surface area contributed by atoms with Crippen molar-refractivity contribution in [1.82, 2.24) is 15.5 Å². The number of rotatable bonds is 13. The summed E-state index contributed by atoms with van der Waals surface area (Å²) >= 11 is 0. The van der Waals surface area contributed by atoms with Crippen molar-refractivity contribution in [3.8, 4) is 0 Å². The van der Waals surface area contributed by atoms with Gasteiger partial charge in [-0.25, -0.2) is 4.79 Å². The van der Waals surface area contributed by atoms with Crippen LogP contribution in [0, 0.1) is 5.92 Å². The van der Waals surface area contributed by atoms with E-state index in [1.165, 1.54) is 6.92 Å². The molecule has 0 spiro atoms. The summed E-state index contributed by atoms with van der Waals surface area (Å²) in [6.45, 7) is 19.0. The van der Waals surface area contributed by atoms with E-state index in [4.69, 9.17) is 9.47 Å². The third-order valence-electron chi connectivity index (χ3n) is 7.49. The second kappa shape index (κ2) is 15.0. The SMILES string of the molecule is CCC(CC)CC(NC(C)=O)C1C(NC(=O)OCC[Si](C)(C)C)C[C@@H](C(=O)OC(C)(C)C)N1Cc1ccccc1. The number of alkyl carbamates (subject to hydrolysis) is 1.